The number of nitrogens with two attached hydrogens (primary N) is 1. The van der Waals surface area contributed by atoms with Crippen molar-refractivity contribution in [2.45, 2.75) is 38.3 Å². The summed E-state index contributed by atoms with van der Waals surface area (Å²) in [6.45, 7) is 0.786. The molecule has 88 valence electrons. The maximum absolute atomic E-state index is 6.10. The first-order valence-corrected chi connectivity index (χ1v) is 6.16. The zero-order chi connectivity index (χ0) is 11.5. The molecule has 0 saturated heterocycles. The third-order valence-electron chi connectivity index (χ3n) is 3.29. The molecule has 0 spiro atoms. The second kappa shape index (κ2) is 5.02. The Balaban J connectivity index is 2.04. The normalized spacial score (nSPS) is 17.2. The van der Waals surface area contributed by atoms with Crippen LogP contribution < -0.4 is 5.73 Å². The maximum Gasteiger partial charge on any atom is 0.123 e. The lowest BCUT2D eigenvalue weighted by molar-refractivity contribution is 0.235. The van der Waals surface area contributed by atoms with Gasteiger partial charge in [0.15, 0.2) is 0 Å². The SMILES string of the molecule is CN(Cc1nc(N)ccc1Cl)C1CCCC1. The largest absolute Gasteiger partial charge is 0.384 e. The van der Waals surface area contributed by atoms with Gasteiger partial charge < -0.3 is 5.73 Å². The Kier molecular flexibility index (Phi) is 3.66. The van der Waals surface area contributed by atoms with Crippen molar-refractivity contribution >= 4 is 17.4 Å². The fourth-order valence-electron chi connectivity index (χ4n) is 2.32. The van der Waals surface area contributed by atoms with Crippen LogP contribution in [0.3, 0.4) is 0 Å². The summed E-state index contributed by atoms with van der Waals surface area (Å²) in [6.07, 6.45) is 5.26. The van der Waals surface area contributed by atoms with E-state index < -0.39 is 0 Å². The lowest BCUT2D eigenvalue weighted by Gasteiger charge is -2.23. The number of hydrogen-bond acceptors (Lipinski definition) is 3. The standard InChI is InChI=1S/C12H18ClN3/c1-16(9-4-2-3-5-9)8-11-10(13)6-7-12(14)15-11/h6-7,9H,2-5,8H2,1H3,(H2,14,15). The molecule has 0 atom stereocenters. The molecule has 1 aromatic rings. The number of halogens is 1. The van der Waals surface area contributed by atoms with E-state index in [-0.39, 0.29) is 0 Å². The molecule has 0 radical (unpaired) electrons. The lowest BCUT2D eigenvalue weighted by atomic mass is 10.2. The molecular weight excluding hydrogens is 222 g/mol. The first kappa shape index (κ1) is 11.7. The Morgan fingerprint density at radius 2 is 2.12 bits per heavy atom. The third-order valence-corrected chi connectivity index (χ3v) is 3.63. The zero-order valence-corrected chi connectivity index (χ0v) is 10.4. The van der Waals surface area contributed by atoms with Crippen molar-refractivity contribution in [3.8, 4) is 0 Å². The molecule has 1 aromatic heterocycles. The van der Waals surface area contributed by atoms with Gasteiger partial charge in [0.25, 0.3) is 0 Å². The van der Waals surface area contributed by atoms with Crippen molar-refractivity contribution in [3.63, 3.8) is 0 Å². The monoisotopic (exact) mass is 239 g/mol. The zero-order valence-electron chi connectivity index (χ0n) is 9.62. The Bertz CT molecular complexity index is 361. The highest BCUT2D eigenvalue weighted by Gasteiger charge is 2.20. The predicted molar refractivity (Wildman–Crippen MR) is 67.4 cm³/mol. The molecule has 2 N–H and O–H groups in total. The first-order valence-electron chi connectivity index (χ1n) is 5.78. The van der Waals surface area contributed by atoms with Crippen molar-refractivity contribution in [1.82, 2.24) is 9.88 Å². The van der Waals surface area contributed by atoms with Gasteiger partial charge in [0.2, 0.25) is 0 Å². The molecule has 1 saturated carbocycles. The molecular formula is C12H18ClN3. The van der Waals surface area contributed by atoms with Crippen molar-refractivity contribution in [3.05, 3.63) is 22.8 Å². The van der Waals surface area contributed by atoms with E-state index in [1.807, 2.05) is 6.07 Å². The highest BCUT2D eigenvalue weighted by atomic mass is 35.5. The number of aromatic nitrogens is 1. The summed E-state index contributed by atoms with van der Waals surface area (Å²) in [4.78, 5) is 6.62. The minimum Gasteiger partial charge on any atom is -0.384 e. The van der Waals surface area contributed by atoms with Crippen LogP contribution in [0.15, 0.2) is 12.1 Å². The molecule has 1 fully saturated rings. The Labute approximate surface area is 102 Å². The second-order valence-electron chi connectivity index (χ2n) is 4.52. The summed E-state index contributed by atoms with van der Waals surface area (Å²) < 4.78 is 0. The van der Waals surface area contributed by atoms with Crippen LogP contribution in [-0.4, -0.2) is 23.0 Å². The van der Waals surface area contributed by atoms with Crippen molar-refractivity contribution in [1.29, 1.82) is 0 Å². The van der Waals surface area contributed by atoms with Crippen LogP contribution in [0.1, 0.15) is 31.4 Å². The summed E-state index contributed by atoms with van der Waals surface area (Å²) in [7, 11) is 2.14. The van der Waals surface area contributed by atoms with Crippen molar-refractivity contribution in [2.24, 2.45) is 0 Å². The average Bonchev–Trinajstić information content (AvgIpc) is 2.76. The summed E-state index contributed by atoms with van der Waals surface area (Å²) >= 11 is 6.10. The fraction of sp³-hybridized carbons (Fsp3) is 0.583. The van der Waals surface area contributed by atoms with Gasteiger partial charge in [0.1, 0.15) is 5.82 Å². The topological polar surface area (TPSA) is 42.2 Å². The molecule has 4 heteroatoms. The molecule has 0 bridgehead atoms. The van der Waals surface area contributed by atoms with Crippen LogP contribution >= 0.6 is 11.6 Å². The summed E-state index contributed by atoms with van der Waals surface area (Å²) in [5, 5.41) is 0.707. The van der Waals surface area contributed by atoms with Gasteiger partial charge in [0.05, 0.1) is 10.7 Å². The van der Waals surface area contributed by atoms with Crippen LogP contribution in [0.25, 0.3) is 0 Å². The van der Waals surface area contributed by atoms with Gasteiger partial charge in [-0.15, -0.1) is 0 Å². The third kappa shape index (κ3) is 2.66. The Hall–Kier alpha value is -0.800. The maximum atomic E-state index is 6.10. The molecule has 3 nitrogen and oxygen atoms in total. The van der Waals surface area contributed by atoms with Gasteiger partial charge in [0, 0.05) is 12.6 Å². The molecule has 16 heavy (non-hydrogen) atoms. The van der Waals surface area contributed by atoms with Crippen LogP contribution in [0.5, 0.6) is 0 Å². The Morgan fingerprint density at radius 3 is 2.81 bits per heavy atom. The van der Waals surface area contributed by atoms with E-state index in [9.17, 15) is 0 Å². The van der Waals surface area contributed by atoms with Crippen LogP contribution in [0.4, 0.5) is 5.82 Å². The highest BCUT2D eigenvalue weighted by Crippen LogP contribution is 2.25. The summed E-state index contributed by atoms with van der Waals surface area (Å²) in [6, 6.07) is 4.24. The number of anilines is 1. The van der Waals surface area contributed by atoms with Crippen LogP contribution in [-0.2, 0) is 6.54 Å². The van der Waals surface area contributed by atoms with Gasteiger partial charge in [-0.3, -0.25) is 4.90 Å². The van der Waals surface area contributed by atoms with E-state index in [4.69, 9.17) is 17.3 Å². The number of pyridine rings is 1. The molecule has 1 heterocycles. The van der Waals surface area contributed by atoms with Gasteiger partial charge in [-0.05, 0) is 32.0 Å². The summed E-state index contributed by atoms with van der Waals surface area (Å²) in [5.41, 5.74) is 6.55. The molecule has 0 aliphatic heterocycles. The fourth-order valence-corrected chi connectivity index (χ4v) is 2.49. The van der Waals surface area contributed by atoms with Gasteiger partial charge in [-0.1, -0.05) is 24.4 Å². The van der Waals surface area contributed by atoms with Gasteiger partial charge in [-0.2, -0.15) is 0 Å². The van der Waals surface area contributed by atoms with E-state index in [1.54, 1.807) is 6.07 Å². The quantitative estimate of drug-likeness (QED) is 0.882. The van der Waals surface area contributed by atoms with Gasteiger partial charge in [-0.25, -0.2) is 4.98 Å². The number of nitrogens with zero attached hydrogens (tertiary/aromatic N) is 2. The van der Waals surface area contributed by atoms with E-state index in [0.717, 1.165) is 12.2 Å². The number of hydrogen-bond donors (Lipinski definition) is 1. The molecule has 2 rings (SSSR count). The van der Waals surface area contributed by atoms with E-state index in [0.29, 0.717) is 16.9 Å². The minimum absolute atomic E-state index is 0.541. The second-order valence-corrected chi connectivity index (χ2v) is 4.93. The molecule has 0 amide bonds. The van der Waals surface area contributed by atoms with Crippen LogP contribution in [0.2, 0.25) is 5.02 Å². The van der Waals surface area contributed by atoms with Crippen LogP contribution in [0, 0.1) is 0 Å². The number of nitrogen functional groups attached to an aromatic ring is 1. The first-order chi connectivity index (χ1) is 7.66. The minimum atomic E-state index is 0.541. The molecule has 0 aromatic carbocycles. The predicted octanol–water partition coefficient (Wildman–Crippen LogP) is 2.69. The van der Waals surface area contributed by atoms with Crippen molar-refractivity contribution < 1.29 is 0 Å². The highest BCUT2D eigenvalue weighted by molar-refractivity contribution is 6.31. The molecule has 1 aliphatic carbocycles. The lowest BCUT2D eigenvalue weighted by Crippen LogP contribution is -2.29. The van der Waals surface area contributed by atoms with Crippen molar-refractivity contribution in [2.75, 3.05) is 12.8 Å². The summed E-state index contributed by atoms with van der Waals surface area (Å²) in [5.74, 6) is 0.541. The van der Waals surface area contributed by atoms with E-state index >= 15 is 0 Å². The molecule has 0 unspecified atom stereocenters. The number of rotatable bonds is 3. The average molecular weight is 240 g/mol. The van der Waals surface area contributed by atoms with E-state index in [1.165, 1.54) is 25.7 Å². The molecule has 1 aliphatic rings. The van der Waals surface area contributed by atoms with E-state index in [2.05, 4.69) is 16.9 Å². The van der Waals surface area contributed by atoms with Gasteiger partial charge >= 0.3 is 0 Å². The smallest absolute Gasteiger partial charge is 0.123 e. The Morgan fingerprint density at radius 1 is 1.44 bits per heavy atom.